The average Bonchev–Trinajstić information content (AvgIpc) is 2.23. The first kappa shape index (κ1) is 9.59. The summed E-state index contributed by atoms with van der Waals surface area (Å²) in [5.74, 6) is 0. The molecule has 0 saturated carbocycles. The lowest BCUT2D eigenvalue weighted by molar-refractivity contribution is 0.218. The van der Waals surface area contributed by atoms with E-state index in [0.717, 1.165) is 17.9 Å². The first-order chi connectivity index (χ1) is 6.84. The van der Waals surface area contributed by atoms with Crippen molar-refractivity contribution in [3.63, 3.8) is 0 Å². The van der Waals surface area contributed by atoms with Crippen LogP contribution in [-0.4, -0.2) is 28.0 Å². The van der Waals surface area contributed by atoms with Gasteiger partial charge in [-0.25, -0.2) is 0 Å². The van der Waals surface area contributed by atoms with Crippen LogP contribution < -0.4 is 0 Å². The lowest BCUT2D eigenvalue weighted by Crippen LogP contribution is -2.29. The van der Waals surface area contributed by atoms with Crippen molar-refractivity contribution in [1.29, 1.82) is 0 Å². The molecule has 14 heavy (non-hydrogen) atoms. The number of hydrogen-bond acceptors (Lipinski definition) is 3. The second-order valence-corrected chi connectivity index (χ2v) is 3.99. The number of hydrogen-bond donors (Lipinski definition) is 0. The Kier molecular flexibility index (Phi) is 3.09. The van der Waals surface area contributed by atoms with Crippen LogP contribution in [0.2, 0.25) is 0 Å². The summed E-state index contributed by atoms with van der Waals surface area (Å²) in [7, 11) is 0. The topological polar surface area (TPSA) is 29.0 Å². The maximum atomic E-state index is 4.37. The Balaban J connectivity index is 1.92. The lowest BCUT2D eigenvalue weighted by Gasteiger charge is -2.25. The van der Waals surface area contributed by atoms with E-state index < -0.39 is 0 Å². The van der Waals surface area contributed by atoms with E-state index in [9.17, 15) is 0 Å². The zero-order valence-corrected chi connectivity index (χ0v) is 8.74. The third kappa shape index (κ3) is 2.51. The zero-order chi connectivity index (χ0) is 9.80. The highest BCUT2D eigenvalue weighted by atomic mass is 15.1. The number of rotatable bonds is 2. The summed E-state index contributed by atoms with van der Waals surface area (Å²) in [4.78, 5) is 11.1. The van der Waals surface area contributed by atoms with Crippen LogP contribution >= 0.6 is 0 Å². The summed E-state index contributed by atoms with van der Waals surface area (Å²) in [6, 6.07) is 0. The molecule has 1 fully saturated rings. The Morgan fingerprint density at radius 3 is 2.57 bits per heavy atom. The Morgan fingerprint density at radius 1 is 1.14 bits per heavy atom. The van der Waals surface area contributed by atoms with Crippen molar-refractivity contribution in [3.8, 4) is 0 Å². The molecule has 0 aromatic carbocycles. The van der Waals surface area contributed by atoms with Crippen LogP contribution in [0.15, 0.2) is 12.4 Å². The summed E-state index contributed by atoms with van der Waals surface area (Å²) < 4.78 is 0. The van der Waals surface area contributed by atoms with Crippen LogP contribution in [0.5, 0.6) is 0 Å². The van der Waals surface area contributed by atoms with Crippen LogP contribution in [-0.2, 0) is 6.54 Å². The van der Waals surface area contributed by atoms with E-state index >= 15 is 0 Å². The minimum Gasteiger partial charge on any atom is -0.297 e. The average molecular weight is 191 g/mol. The van der Waals surface area contributed by atoms with Gasteiger partial charge in [0.05, 0.1) is 11.4 Å². The molecule has 0 N–H and O–H groups in total. The van der Waals surface area contributed by atoms with Gasteiger partial charge >= 0.3 is 0 Å². The highest BCUT2D eigenvalue weighted by Crippen LogP contribution is 2.11. The molecule has 0 bridgehead atoms. The van der Waals surface area contributed by atoms with Gasteiger partial charge in [0.1, 0.15) is 0 Å². The predicted molar refractivity (Wildman–Crippen MR) is 55.9 cm³/mol. The molecule has 2 heterocycles. The standard InChI is InChI=1S/C11H17N3/c1-10-7-13-11(8-12-10)9-14-5-3-2-4-6-14/h7-8H,2-6,9H2,1H3. The van der Waals surface area contributed by atoms with Crippen molar-refractivity contribution in [1.82, 2.24) is 14.9 Å². The van der Waals surface area contributed by atoms with E-state index in [4.69, 9.17) is 0 Å². The molecule has 3 heteroatoms. The molecule has 2 rings (SSSR count). The number of likely N-dealkylation sites (tertiary alicyclic amines) is 1. The third-order valence-corrected chi connectivity index (χ3v) is 2.67. The molecule has 0 aliphatic carbocycles. The van der Waals surface area contributed by atoms with Crippen molar-refractivity contribution in [2.24, 2.45) is 0 Å². The Bertz CT molecular complexity index is 275. The molecule has 0 unspecified atom stereocenters. The molecule has 1 aliphatic rings. The van der Waals surface area contributed by atoms with Crippen molar-refractivity contribution in [2.75, 3.05) is 13.1 Å². The summed E-state index contributed by atoms with van der Waals surface area (Å²) >= 11 is 0. The van der Waals surface area contributed by atoms with Crippen LogP contribution in [0.4, 0.5) is 0 Å². The van der Waals surface area contributed by atoms with Gasteiger partial charge in [-0.15, -0.1) is 0 Å². The van der Waals surface area contributed by atoms with Gasteiger partial charge in [0.2, 0.25) is 0 Å². The predicted octanol–water partition coefficient (Wildman–Crippen LogP) is 1.77. The van der Waals surface area contributed by atoms with E-state index in [1.807, 2.05) is 19.3 Å². The van der Waals surface area contributed by atoms with Crippen molar-refractivity contribution in [2.45, 2.75) is 32.7 Å². The second-order valence-electron chi connectivity index (χ2n) is 3.99. The van der Waals surface area contributed by atoms with Gasteiger partial charge in [-0.1, -0.05) is 6.42 Å². The smallest absolute Gasteiger partial charge is 0.0727 e. The maximum Gasteiger partial charge on any atom is 0.0727 e. The molecule has 1 aliphatic heterocycles. The Labute approximate surface area is 85.2 Å². The fourth-order valence-corrected chi connectivity index (χ4v) is 1.85. The van der Waals surface area contributed by atoms with Gasteiger partial charge < -0.3 is 0 Å². The van der Waals surface area contributed by atoms with E-state index in [1.54, 1.807) is 0 Å². The molecular formula is C11H17N3. The fourth-order valence-electron chi connectivity index (χ4n) is 1.85. The molecule has 76 valence electrons. The summed E-state index contributed by atoms with van der Waals surface area (Å²) in [6.07, 6.45) is 7.79. The molecule has 3 nitrogen and oxygen atoms in total. The van der Waals surface area contributed by atoms with Crippen LogP contribution in [0.1, 0.15) is 30.7 Å². The molecule has 0 radical (unpaired) electrons. The van der Waals surface area contributed by atoms with Gasteiger partial charge in [0.25, 0.3) is 0 Å². The van der Waals surface area contributed by atoms with Crippen molar-refractivity contribution < 1.29 is 0 Å². The maximum absolute atomic E-state index is 4.37. The first-order valence-electron chi connectivity index (χ1n) is 5.34. The van der Waals surface area contributed by atoms with Crippen molar-refractivity contribution >= 4 is 0 Å². The molecule has 0 atom stereocenters. The SMILES string of the molecule is Cc1cnc(CN2CCCCC2)cn1. The number of nitrogens with zero attached hydrogens (tertiary/aromatic N) is 3. The minimum absolute atomic E-state index is 0.966. The monoisotopic (exact) mass is 191 g/mol. The van der Waals surface area contributed by atoms with Crippen LogP contribution in [0.25, 0.3) is 0 Å². The summed E-state index contributed by atoms with van der Waals surface area (Å²) in [5.41, 5.74) is 2.09. The van der Waals surface area contributed by atoms with E-state index in [1.165, 1.54) is 32.4 Å². The third-order valence-electron chi connectivity index (χ3n) is 2.67. The van der Waals surface area contributed by atoms with Crippen molar-refractivity contribution in [3.05, 3.63) is 23.8 Å². The normalized spacial score (nSPS) is 18.4. The molecule has 0 spiro atoms. The fraction of sp³-hybridized carbons (Fsp3) is 0.636. The zero-order valence-electron chi connectivity index (χ0n) is 8.74. The van der Waals surface area contributed by atoms with Gasteiger partial charge in [-0.3, -0.25) is 14.9 Å². The van der Waals surface area contributed by atoms with Gasteiger partial charge in [0, 0.05) is 18.9 Å². The second kappa shape index (κ2) is 4.51. The van der Waals surface area contributed by atoms with Crippen LogP contribution in [0, 0.1) is 6.92 Å². The molecular weight excluding hydrogens is 174 g/mol. The molecule has 1 aromatic rings. The lowest BCUT2D eigenvalue weighted by atomic mass is 10.1. The Hall–Kier alpha value is -0.960. The van der Waals surface area contributed by atoms with E-state index in [0.29, 0.717) is 0 Å². The summed E-state index contributed by atoms with van der Waals surface area (Å²) in [5, 5.41) is 0. The Morgan fingerprint density at radius 2 is 1.93 bits per heavy atom. The van der Waals surface area contributed by atoms with Gasteiger partial charge in [-0.2, -0.15) is 0 Å². The van der Waals surface area contributed by atoms with Crippen LogP contribution in [0.3, 0.4) is 0 Å². The molecule has 1 aromatic heterocycles. The van der Waals surface area contributed by atoms with E-state index in [2.05, 4.69) is 14.9 Å². The quantitative estimate of drug-likeness (QED) is 0.713. The highest BCUT2D eigenvalue weighted by molar-refractivity contribution is 5.00. The summed E-state index contributed by atoms with van der Waals surface area (Å²) in [6.45, 7) is 5.37. The van der Waals surface area contributed by atoms with E-state index in [-0.39, 0.29) is 0 Å². The highest BCUT2D eigenvalue weighted by Gasteiger charge is 2.10. The van der Waals surface area contributed by atoms with Gasteiger partial charge in [-0.05, 0) is 32.9 Å². The molecule has 1 saturated heterocycles. The number of aromatic nitrogens is 2. The number of aryl methyl sites for hydroxylation is 1. The number of piperidine rings is 1. The largest absolute Gasteiger partial charge is 0.297 e. The van der Waals surface area contributed by atoms with Gasteiger partial charge in [0.15, 0.2) is 0 Å². The minimum atomic E-state index is 0.966. The first-order valence-corrected chi connectivity index (χ1v) is 5.34. The molecule has 0 amide bonds.